The molecular weight excluding hydrogens is 278 g/mol. The van der Waals surface area contributed by atoms with Gasteiger partial charge < -0.3 is 19.8 Å². The van der Waals surface area contributed by atoms with Gasteiger partial charge in [-0.1, -0.05) is 32.9 Å². The van der Waals surface area contributed by atoms with E-state index in [1.54, 1.807) is 6.07 Å². The van der Waals surface area contributed by atoms with E-state index in [1.165, 1.54) is 6.07 Å². The third-order valence-corrected chi connectivity index (χ3v) is 3.25. The van der Waals surface area contributed by atoms with Crippen LogP contribution in [0.3, 0.4) is 0 Å². The quantitative estimate of drug-likeness (QED) is 0.508. The maximum atomic E-state index is 11.2. The number of carbonyl (C=O) groups excluding carboxylic acids is 2. The third kappa shape index (κ3) is 4.86. The zero-order chi connectivity index (χ0) is 13.9. The maximum Gasteiger partial charge on any atom is 1.00 e. The molecule has 0 saturated carbocycles. The number of carboxylic acids is 2. The molecule has 0 fully saturated rings. The van der Waals surface area contributed by atoms with Crippen LogP contribution in [0.5, 0.6) is 0 Å². The van der Waals surface area contributed by atoms with E-state index < -0.39 is 11.9 Å². The normalized spacial score (nSPS) is 10.9. The molecule has 0 bridgehead atoms. The van der Waals surface area contributed by atoms with E-state index in [0.717, 1.165) is 12.0 Å². The minimum Gasteiger partial charge on any atom is -0.545 e. The summed E-state index contributed by atoms with van der Waals surface area (Å²) in [7, 11) is 0. The Balaban J connectivity index is 0. The first-order chi connectivity index (χ1) is 8.43. The van der Waals surface area contributed by atoms with Crippen molar-refractivity contribution in [2.75, 3.05) is 0 Å². The van der Waals surface area contributed by atoms with Crippen LogP contribution < -0.4 is 69.3 Å². The molecule has 1 aromatic carbocycles. The van der Waals surface area contributed by atoms with Crippen LogP contribution >= 0.6 is 0 Å². The SMILES string of the molecule is CCc1ccc(C(=O)[O-])c(C(=O)[O-])c1C(C)CC.[Na+].[Na+]. The van der Waals surface area contributed by atoms with Crippen LogP contribution in [0, 0.1) is 0 Å². The number of aryl methyl sites for hydroxylation is 1. The van der Waals surface area contributed by atoms with Gasteiger partial charge in [0.05, 0.1) is 11.9 Å². The summed E-state index contributed by atoms with van der Waals surface area (Å²) < 4.78 is 0. The molecule has 0 N–H and O–H groups in total. The van der Waals surface area contributed by atoms with Crippen molar-refractivity contribution in [3.8, 4) is 0 Å². The molecule has 0 aliphatic heterocycles. The van der Waals surface area contributed by atoms with Crippen molar-refractivity contribution >= 4 is 11.9 Å². The van der Waals surface area contributed by atoms with Gasteiger partial charge >= 0.3 is 59.1 Å². The van der Waals surface area contributed by atoms with E-state index in [-0.39, 0.29) is 76.2 Å². The summed E-state index contributed by atoms with van der Waals surface area (Å²) in [5, 5.41) is 22.2. The Labute approximate surface area is 163 Å². The van der Waals surface area contributed by atoms with E-state index in [4.69, 9.17) is 0 Å². The molecule has 0 aromatic heterocycles. The Kier molecular flexibility index (Phi) is 11.2. The molecule has 0 heterocycles. The van der Waals surface area contributed by atoms with Gasteiger partial charge in [-0.3, -0.25) is 0 Å². The number of carboxylic acid groups (broad SMARTS) is 2. The summed E-state index contributed by atoms with van der Waals surface area (Å²) in [6.45, 7) is 5.70. The molecule has 98 valence electrons. The van der Waals surface area contributed by atoms with Crippen molar-refractivity contribution < 1.29 is 78.9 Å². The second kappa shape index (κ2) is 9.98. The first-order valence-electron chi connectivity index (χ1n) is 6.02. The first-order valence-corrected chi connectivity index (χ1v) is 6.02. The summed E-state index contributed by atoms with van der Waals surface area (Å²) in [5.74, 6) is -2.98. The predicted octanol–water partition coefficient (Wildman–Crippen LogP) is -5.50. The molecule has 1 unspecified atom stereocenters. The van der Waals surface area contributed by atoms with E-state index in [2.05, 4.69) is 0 Å². The molecular formula is C14H16Na2O4. The topological polar surface area (TPSA) is 80.3 Å². The number of aromatic carboxylic acids is 2. The maximum absolute atomic E-state index is 11.2. The predicted molar refractivity (Wildman–Crippen MR) is 63.2 cm³/mol. The van der Waals surface area contributed by atoms with Gasteiger partial charge in [-0.05, 0) is 29.9 Å². The number of benzene rings is 1. The van der Waals surface area contributed by atoms with Crippen molar-refractivity contribution in [1.82, 2.24) is 0 Å². The molecule has 0 amide bonds. The van der Waals surface area contributed by atoms with E-state index in [9.17, 15) is 19.8 Å². The first kappa shape index (κ1) is 22.4. The average Bonchev–Trinajstić information content (AvgIpc) is 2.35. The molecule has 1 aromatic rings. The van der Waals surface area contributed by atoms with Crippen LogP contribution in [0.15, 0.2) is 12.1 Å². The Bertz CT molecular complexity index is 486. The minimum absolute atomic E-state index is 0. The van der Waals surface area contributed by atoms with Crippen molar-refractivity contribution in [2.24, 2.45) is 0 Å². The number of hydrogen-bond acceptors (Lipinski definition) is 4. The monoisotopic (exact) mass is 294 g/mol. The summed E-state index contributed by atoms with van der Waals surface area (Å²) in [6.07, 6.45) is 1.37. The van der Waals surface area contributed by atoms with Gasteiger partial charge in [-0.15, -0.1) is 0 Å². The Morgan fingerprint density at radius 2 is 1.65 bits per heavy atom. The van der Waals surface area contributed by atoms with Gasteiger partial charge in [0.15, 0.2) is 0 Å². The number of rotatable bonds is 5. The van der Waals surface area contributed by atoms with Crippen molar-refractivity contribution in [3.05, 3.63) is 34.4 Å². The summed E-state index contributed by atoms with van der Waals surface area (Å²) in [4.78, 5) is 22.2. The van der Waals surface area contributed by atoms with Crippen LogP contribution in [0.1, 0.15) is 65.0 Å². The van der Waals surface area contributed by atoms with Crippen LogP contribution in [0.25, 0.3) is 0 Å². The fourth-order valence-corrected chi connectivity index (χ4v) is 2.13. The van der Waals surface area contributed by atoms with Gasteiger partial charge in [0.25, 0.3) is 0 Å². The van der Waals surface area contributed by atoms with Gasteiger partial charge in [-0.2, -0.15) is 0 Å². The summed E-state index contributed by atoms with van der Waals surface area (Å²) >= 11 is 0. The van der Waals surface area contributed by atoms with Gasteiger partial charge in [0.1, 0.15) is 0 Å². The molecule has 0 aliphatic rings. The van der Waals surface area contributed by atoms with Gasteiger partial charge in [0, 0.05) is 11.1 Å². The van der Waals surface area contributed by atoms with Gasteiger partial charge in [-0.25, -0.2) is 0 Å². The van der Waals surface area contributed by atoms with Crippen LogP contribution in [-0.2, 0) is 6.42 Å². The molecule has 20 heavy (non-hydrogen) atoms. The fraction of sp³-hybridized carbons (Fsp3) is 0.429. The van der Waals surface area contributed by atoms with Crippen molar-refractivity contribution in [3.63, 3.8) is 0 Å². The van der Waals surface area contributed by atoms with E-state index >= 15 is 0 Å². The van der Waals surface area contributed by atoms with E-state index in [1.807, 2.05) is 20.8 Å². The van der Waals surface area contributed by atoms with Crippen molar-refractivity contribution in [1.29, 1.82) is 0 Å². The van der Waals surface area contributed by atoms with Crippen molar-refractivity contribution in [2.45, 2.75) is 39.5 Å². The average molecular weight is 294 g/mol. The largest absolute Gasteiger partial charge is 1.00 e. The Hall–Kier alpha value is 0.160. The molecule has 1 atom stereocenters. The van der Waals surface area contributed by atoms with Crippen LogP contribution in [0.2, 0.25) is 0 Å². The molecule has 0 aliphatic carbocycles. The van der Waals surface area contributed by atoms with Crippen LogP contribution in [-0.4, -0.2) is 11.9 Å². The third-order valence-electron chi connectivity index (χ3n) is 3.25. The molecule has 1 rings (SSSR count). The number of hydrogen-bond donors (Lipinski definition) is 0. The molecule has 0 spiro atoms. The molecule has 0 radical (unpaired) electrons. The zero-order valence-electron chi connectivity index (χ0n) is 12.8. The smallest absolute Gasteiger partial charge is 0.545 e. The second-order valence-corrected chi connectivity index (χ2v) is 4.30. The fourth-order valence-electron chi connectivity index (χ4n) is 2.13. The molecule has 0 saturated heterocycles. The molecule has 4 nitrogen and oxygen atoms in total. The van der Waals surface area contributed by atoms with E-state index in [0.29, 0.717) is 12.0 Å². The second-order valence-electron chi connectivity index (χ2n) is 4.30. The summed E-state index contributed by atoms with van der Waals surface area (Å²) in [5.41, 5.74) is 0.862. The zero-order valence-corrected chi connectivity index (χ0v) is 16.8. The Morgan fingerprint density at radius 3 is 2.00 bits per heavy atom. The number of carbonyl (C=O) groups is 2. The Morgan fingerprint density at radius 1 is 1.10 bits per heavy atom. The van der Waals surface area contributed by atoms with Gasteiger partial charge in [0.2, 0.25) is 0 Å². The minimum atomic E-state index is -1.48. The molecule has 6 heteroatoms. The summed E-state index contributed by atoms with van der Waals surface area (Å²) in [6, 6.07) is 2.93. The van der Waals surface area contributed by atoms with Crippen LogP contribution in [0.4, 0.5) is 0 Å². The standard InChI is InChI=1S/C14H18O4.2Na/c1-4-8(3)11-9(5-2)6-7-10(13(15)16)12(11)14(17)18;;/h6-8H,4-5H2,1-3H3,(H,15,16)(H,17,18);;/q;2*+1/p-2.